The number of halogens is 3. The van der Waals surface area contributed by atoms with Gasteiger partial charge in [-0.25, -0.2) is 13.8 Å². The fourth-order valence-corrected chi connectivity index (χ4v) is 2.73. The van der Waals surface area contributed by atoms with Crippen LogP contribution in [0.3, 0.4) is 0 Å². The van der Waals surface area contributed by atoms with Crippen molar-refractivity contribution < 1.29 is 13.9 Å². The van der Waals surface area contributed by atoms with Crippen molar-refractivity contribution in [3.05, 3.63) is 74.7 Å². The maximum Gasteiger partial charge on any atom is 0.261 e. The second-order valence-corrected chi connectivity index (χ2v) is 5.93. The summed E-state index contributed by atoms with van der Waals surface area (Å²) < 4.78 is 29.2. The smallest absolute Gasteiger partial charge is 0.261 e. The maximum atomic E-state index is 13.7. The van der Waals surface area contributed by atoms with Gasteiger partial charge in [-0.3, -0.25) is 9.36 Å². The highest BCUT2D eigenvalue weighted by Gasteiger charge is 2.19. The van der Waals surface area contributed by atoms with Crippen molar-refractivity contribution >= 4 is 26.8 Å². The average Bonchev–Trinajstić information content (AvgIpc) is 2.50. The summed E-state index contributed by atoms with van der Waals surface area (Å²) >= 11 is 3.27. The molecule has 1 N–H and O–H groups in total. The van der Waals surface area contributed by atoms with Crippen LogP contribution in [0.4, 0.5) is 8.78 Å². The van der Waals surface area contributed by atoms with Crippen molar-refractivity contribution in [2.24, 2.45) is 0 Å². The Morgan fingerprint density at radius 1 is 1.22 bits per heavy atom. The van der Waals surface area contributed by atoms with Crippen LogP contribution in [0.1, 0.15) is 11.7 Å². The van der Waals surface area contributed by atoms with E-state index >= 15 is 0 Å². The van der Waals surface area contributed by atoms with E-state index in [1.807, 2.05) is 0 Å². The minimum atomic E-state index is -1.50. The van der Waals surface area contributed by atoms with Gasteiger partial charge >= 0.3 is 0 Å². The van der Waals surface area contributed by atoms with E-state index in [1.54, 1.807) is 18.2 Å². The lowest BCUT2D eigenvalue weighted by Gasteiger charge is -2.14. The third-order valence-corrected chi connectivity index (χ3v) is 3.98. The number of aliphatic hydroxyl groups is 1. The molecule has 4 nitrogen and oxygen atoms in total. The number of rotatable bonds is 3. The summed E-state index contributed by atoms with van der Waals surface area (Å²) in [5.41, 5.74) is -0.359. The molecule has 1 unspecified atom stereocenters. The van der Waals surface area contributed by atoms with Crippen LogP contribution in [0, 0.1) is 11.6 Å². The highest BCUT2D eigenvalue weighted by molar-refractivity contribution is 9.10. The summed E-state index contributed by atoms with van der Waals surface area (Å²) in [6, 6.07) is 8.36. The number of benzene rings is 2. The van der Waals surface area contributed by atoms with Crippen LogP contribution in [0.5, 0.6) is 0 Å². The van der Waals surface area contributed by atoms with Gasteiger partial charge in [0.05, 0.1) is 29.3 Å². The van der Waals surface area contributed by atoms with E-state index < -0.39 is 28.9 Å². The molecular weight excluding hydrogens is 370 g/mol. The first-order valence-electron chi connectivity index (χ1n) is 6.74. The number of aromatic nitrogens is 2. The molecule has 0 saturated carbocycles. The van der Waals surface area contributed by atoms with Crippen LogP contribution in [-0.4, -0.2) is 14.7 Å². The molecule has 2 aromatic carbocycles. The molecule has 3 aromatic rings. The van der Waals surface area contributed by atoms with Crippen LogP contribution in [0.25, 0.3) is 10.9 Å². The Kier molecular flexibility index (Phi) is 4.23. The summed E-state index contributed by atoms with van der Waals surface area (Å²) in [4.78, 5) is 16.5. The summed E-state index contributed by atoms with van der Waals surface area (Å²) in [6.45, 7) is -0.299. The molecule has 0 radical (unpaired) electrons. The molecule has 118 valence electrons. The largest absolute Gasteiger partial charge is 0.386 e. The molecule has 23 heavy (non-hydrogen) atoms. The van der Waals surface area contributed by atoms with E-state index in [9.17, 15) is 18.7 Å². The van der Waals surface area contributed by atoms with Gasteiger partial charge in [-0.05, 0) is 30.3 Å². The molecule has 0 fully saturated rings. The van der Waals surface area contributed by atoms with Gasteiger partial charge in [-0.15, -0.1) is 0 Å². The number of aliphatic hydroxyl groups excluding tert-OH is 1. The zero-order valence-corrected chi connectivity index (χ0v) is 13.3. The summed E-state index contributed by atoms with van der Waals surface area (Å²) in [5, 5.41) is 10.5. The summed E-state index contributed by atoms with van der Waals surface area (Å²) in [6.07, 6.45) is -0.249. The van der Waals surface area contributed by atoms with Gasteiger partial charge in [0.1, 0.15) is 17.7 Å². The molecule has 0 aliphatic rings. The second-order valence-electron chi connectivity index (χ2n) is 5.01. The van der Waals surface area contributed by atoms with Gasteiger partial charge in [0.2, 0.25) is 0 Å². The van der Waals surface area contributed by atoms with Gasteiger partial charge in [0.15, 0.2) is 0 Å². The fourth-order valence-electron chi connectivity index (χ4n) is 2.37. The molecule has 7 heteroatoms. The van der Waals surface area contributed by atoms with Gasteiger partial charge < -0.3 is 5.11 Å². The quantitative estimate of drug-likeness (QED) is 0.759. The minimum Gasteiger partial charge on any atom is -0.386 e. The van der Waals surface area contributed by atoms with E-state index in [2.05, 4.69) is 20.9 Å². The highest BCUT2D eigenvalue weighted by Crippen LogP contribution is 2.22. The van der Waals surface area contributed by atoms with Crippen molar-refractivity contribution in [2.45, 2.75) is 12.6 Å². The Morgan fingerprint density at radius 2 is 1.91 bits per heavy atom. The minimum absolute atomic E-state index is 0.299. The Bertz CT molecular complexity index is 923. The number of hydrogen-bond acceptors (Lipinski definition) is 3. The van der Waals surface area contributed by atoms with Crippen molar-refractivity contribution in [3.63, 3.8) is 0 Å². The van der Waals surface area contributed by atoms with E-state index in [0.717, 1.165) is 16.7 Å². The zero-order chi connectivity index (χ0) is 16.6. The molecular formula is C16H11BrF2N2O2. The van der Waals surface area contributed by atoms with Gasteiger partial charge in [0.25, 0.3) is 5.56 Å². The molecule has 3 rings (SSSR count). The zero-order valence-electron chi connectivity index (χ0n) is 11.7. The average molecular weight is 381 g/mol. The van der Waals surface area contributed by atoms with Crippen molar-refractivity contribution in [1.82, 2.24) is 9.55 Å². The van der Waals surface area contributed by atoms with Gasteiger partial charge in [0, 0.05) is 4.47 Å². The predicted octanol–water partition coefficient (Wildman–Crippen LogP) is 3.17. The molecule has 0 aliphatic heterocycles. The molecule has 0 saturated heterocycles. The van der Waals surface area contributed by atoms with Crippen molar-refractivity contribution in [3.8, 4) is 0 Å². The Morgan fingerprint density at radius 3 is 2.61 bits per heavy atom. The monoisotopic (exact) mass is 380 g/mol. The second kappa shape index (κ2) is 6.17. The van der Waals surface area contributed by atoms with Crippen LogP contribution in [0.15, 0.2) is 52.0 Å². The first-order chi connectivity index (χ1) is 11.0. The number of hydrogen-bond donors (Lipinski definition) is 1. The van der Waals surface area contributed by atoms with E-state index in [-0.39, 0.29) is 6.54 Å². The lowest BCUT2D eigenvalue weighted by molar-refractivity contribution is 0.145. The normalized spacial score (nSPS) is 12.5. The van der Waals surface area contributed by atoms with E-state index in [0.29, 0.717) is 15.4 Å². The molecule has 1 aromatic heterocycles. The Labute approximate surface area is 138 Å². The van der Waals surface area contributed by atoms with E-state index in [4.69, 9.17) is 0 Å². The lowest BCUT2D eigenvalue weighted by atomic mass is 10.1. The maximum absolute atomic E-state index is 13.7. The van der Waals surface area contributed by atoms with Crippen LogP contribution in [-0.2, 0) is 6.54 Å². The Hall–Kier alpha value is -2.12. The van der Waals surface area contributed by atoms with Crippen LogP contribution >= 0.6 is 15.9 Å². The van der Waals surface area contributed by atoms with Gasteiger partial charge in [-0.2, -0.15) is 0 Å². The molecule has 0 bridgehead atoms. The van der Waals surface area contributed by atoms with Crippen LogP contribution in [0.2, 0.25) is 0 Å². The summed E-state index contributed by atoms with van der Waals surface area (Å²) in [5.74, 6) is -1.72. The molecule has 0 aliphatic carbocycles. The molecule has 1 heterocycles. The number of nitrogens with zero attached hydrogens (tertiary/aromatic N) is 2. The third kappa shape index (κ3) is 3.02. The fraction of sp³-hybridized carbons (Fsp3) is 0.125. The SMILES string of the molecule is O=c1c2cc(Br)ccc2ncn1CC(O)c1c(F)cccc1F. The van der Waals surface area contributed by atoms with Crippen LogP contribution < -0.4 is 5.56 Å². The van der Waals surface area contributed by atoms with Gasteiger partial charge in [-0.1, -0.05) is 22.0 Å². The third-order valence-electron chi connectivity index (χ3n) is 3.49. The molecule has 1 atom stereocenters. The predicted molar refractivity (Wildman–Crippen MR) is 85.0 cm³/mol. The topological polar surface area (TPSA) is 55.1 Å². The highest BCUT2D eigenvalue weighted by atomic mass is 79.9. The van der Waals surface area contributed by atoms with E-state index in [1.165, 1.54) is 12.4 Å². The first-order valence-corrected chi connectivity index (χ1v) is 7.53. The summed E-state index contributed by atoms with van der Waals surface area (Å²) in [7, 11) is 0. The first kappa shape index (κ1) is 15.8. The number of fused-ring (bicyclic) bond motifs is 1. The standard InChI is InChI=1S/C16H11BrF2N2O2/c17-9-4-5-13-10(6-9)16(23)21(8-20-13)7-14(22)15-11(18)2-1-3-12(15)19/h1-6,8,14,22H,7H2. The van der Waals surface area contributed by atoms with Crippen molar-refractivity contribution in [1.29, 1.82) is 0 Å². The van der Waals surface area contributed by atoms with Crippen molar-refractivity contribution in [2.75, 3.05) is 0 Å². The molecule has 0 spiro atoms. The Balaban J connectivity index is 2.02. The lowest BCUT2D eigenvalue weighted by Crippen LogP contribution is -2.24. The molecule has 0 amide bonds.